The van der Waals surface area contributed by atoms with Crippen LogP contribution in [0.15, 0.2) is 24.3 Å². The average Bonchev–Trinajstić information content (AvgIpc) is 3.04. The van der Waals surface area contributed by atoms with Gasteiger partial charge >= 0.3 is 0 Å². The van der Waals surface area contributed by atoms with Crippen LogP contribution in [0.2, 0.25) is 5.02 Å². The van der Waals surface area contributed by atoms with Crippen LogP contribution in [0.25, 0.3) is 0 Å². The molecule has 23 heavy (non-hydrogen) atoms. The number of amides is 2. The molecule has 1 aliphatic heterocycles. The third-order valence-corrected chi connectivity index (χ3v) is 4.91. The Morgan fingerprint density at radius 1 is 1.26 bits per heavy atom. The lowest BCUT2D eigenvalue weighted by atomic mass is 9.97. The van der Waals surface area contributed by atoms with Crippen molar-refractivity contribution in [2.24, 2.45) is 0 Å². The summed E-state index contributed by atoms with van der Waals surface area (Å²) in [7, 11) is 1.71. The Balaban J connectivity index is 1.81. The number of hydrogen-bond acceptors (Lipinski definition) is 3. The zero-order chi connectivity index (χ0) is 16.4. The smallest absolute Gasteiger partial charge is 0.251 e. The molecule has 0 bridgehead atoms. The minimum atomic E-state index is -0.695. The van der Waals surface area contributed by atoms with Gasteiger partial charge in [0.05, 0.1) is 6.04 Å². The molecule has 1 N–H and O–H groups in total. The maximum atomic E-state index is 12.7. The lowest BCUT2D eigenvalue weighted by molar-refractivity contribution is -0.162. The van der Waals surface area contributed by atoms with Crippen LogP contribution in [0.3, 0.4) is 0 Å². The fraction of sp³-hybridized carbons (Fsp3) is 0.529. The number of carbonyl (C=O) groups is 2. The minimum absolute atomic E-state index is 0.0661. The fourth-order valence-electron chi connectivity index (χ4n) is 3.34. The highest BCUT2D eigenvalue weighted by Crippen LogP contribution is 2.30. The predicted molar refractivity (Wildman–Crippen MR) is 87.1 cm³/mol. The number of nitrogens with zero attached hydrogens (tertiary/aromatic N) is 1. The van der Waals surface area contributed by atoms with E-state index >= 15 is 0 Å². The van der Waals surface area contributed by atoms with Gasteiger partial charge in [0.1, 0.15) is 6.61 Å². The summed E-state index contributed by atoms with van der Waals surface area (Å²) < 4.78 is 5.59. The summed E-state index contributed by atoms with van der Waals surface area (Å²) in [6, 6.07) is 6.98. The molecule has 3 rings (SSSR count). The Hall–Kier alpha value is -1.59. The lowest BCUT2D eigenvalue weighted by Crippen LogP contribution is -2.54. The van der Waals surface area contributed by atoms with Crippen LogP contribution in [0.1, 0.15) is 37.3 Å². The van der Waals surface area contributed by atoms with E-state index in [2.05, 4.69) is 5.32 Å². The SMILES string of the molecule is CN1C(=O)CO[C@H](C(=O)NC2CCCC2)[C@@H]1c1ccc(Cl)cc1. The van der Waals surface area contributed by atoms with Crippen LogP contribution in [-0.4, -0.2) is 42.5 Å². The molecule has 2 aliphatic rings. The van der Waals surface area contributed by atoms with Gasteiger partial charge in [-0.1, -0.05) is 36.6 Å². The summed E-state index contributed by atoms with van der Waals surface area (Å²) in [6.07, 6.45) is 3.63. The molecule has 0 unspecified atom stereocenters. The van der Waals surface area contributed by atoms with Crippen molar-refractivity contribution in [3.8, 4) is 0 Å². The van der Waals surface area contributed by atoms with Crippen molar-refractivity contribution in [3.63, 3.8) is 0 Å². The van der Waals surface area contributed by atoms with E-state index in [1.54, 1.807) is 24.1 Å². The summed E-state index contributed by atoms with van der Waals surface area (Å²) >= 11 is 5.94. The second-order valence-corrected chi connectivity index (χ2v) is 6.66. The first-order chi connectivity index (χ1) is 11.1. The number of nitrogens with one attached hydrogen (secondary N) is 1. The van der Waals surface area contributed by atoms with E-state index in [9.17, 15) is 9.59 Å². The van der Waals surface area contributed by atoms with Crippen LogP contribution in [0.4, 0.5) is 0 Å². The summed E-state index contributed by atoms with van der Waals surface area (Å²) in [5.74, 6) is -0.272. The number of benzene rings is 1. The molecule has 1 aromatic carbocycles. The number of rotatable bonds is 3. The summed E-state index contributed by atoms with van der Waals surface area (Å²) in [5, 5.41) is 3.68. The largest absolute Gasteiger partial charge is 0.356 e. The van der Waals surface area contributed by atoms with Crippen molar-refractivity contribution >= 4 is 23.4 Å². The van der Waals surface area contributed by atoms with Crippen LogP contribution in [0, 0.1) is 0 Å². The van der Waals surface area contributed by atoms with Crippen molar-refractivity contribution < 1.29 is 14.3 Å². The van der Waals surface area contributed by atoms with Gasteiger partial charge in [-0.3, -0.25) is 9.59 Å². The van der Waals surface area contributed by atoms with E-state index in [1.165, 1.54) is 0 Å². The zero-order valence-electron chi connectivity index (χ0n) is 13.1. The summed E-state index contributed by atoms with van der Waals surface area (Å²) in [4.78, 5) is 26.2. The number of halogens is 1. The third-order valence-electron chi connectivity index (χ3n) is 4.66. The second kappa shape index (κ2) is 6.89. The van der Waals surface area contributed by atoms with Crippen molar-refractivity contribution in [2.45, 2.75) is 43.9 Å². The van der Waals surface area contributed by atoms with E-state index in [-0.39, 0.29) is 24.5 Å². The van der Waals surface area contributed by atoms with Gasteiger partial charge in [-0.15, -0.1) is 0 Å². The highest BCUT2D eigenvalue weighted by Gasteiger charge is 2.40. The molecule has 2 amide bonds. The maximum absolute atomic E-state index is 12.7. The Morgan fingerprint density at radius 2 is 1.91 bits per heavy atom. The molecule has 5 nitrogen and oxygen atoms in total. The minimum Gasteiger partial charge on any atom is -0.356 e. The molecule has 1 saturated heterocycles. The third kappa shape index (κ3) is 3.51. The van der Waals surface area contributed by atoms with Crippen LogP contribution in [-0.2, 0) is 14.3 Å². The monoisotopic (exact) mass is 336 g/mol. The Morgan fingerprint density at radius 3 is 2.57 bits per heavy atom. The Labute approximate surface area is 140 Å². The molecule has 1 saturated carbocycles. The highest BCUT2D eigenvalue weighted by atomic mass is 35.5. The van der Waals surface area contributed by atoms with Crippen molar-refractivity contribution in [1.82, 2.24) is 10.2 Å². The van der Waals surface area contributed by atoms with Crippen LogP contribution in [0.5, 0.6) is 0 Å². The quantitative estimate of drug-likeness (QED) is 0.921. The summed E-state index contributed by atoms with van der Waals surface area (Å²) in [6.45, 7) is -0.0661. The first kappa shape index (κ1) is 16.3. The van der Waals surface area contributed by atoms with E-state index in [4.69, 9.17) is 16.3 Å². The van der Waals surface area contributed by atoms with E-state index < -0.39 is 12.1 Å². The summed E-state index contributed by atoms with van der Waals surface area (Å²) in [5.41, 5.74) is 0.844. The van der Waals surface area contributed by atoms with Gasteiger partial charge in [0.25, 0.3) is 5.91 Å². The molecule has 2 fully saturated rings. The molecule has 0 aromatic heterocycles. The molecule has 0 spiro atoms. The van der Waals surface area contributed by atoms with E-state index in [0.29, 0.717) is 5.02 Å². The van der Waals surface area contributed by atoms with Gasteiger partial charge in [0.2, 0.25) is 5.91 Å². The molecule has 6 heteroatoms. The van der Waals surface area contributed by atoms with Gasteiger partial charge in [-0.25, -0.2) is 0 Å². The fourth-order valence-corrected chi connectivity index (χ4v) is 3.47. The zero-order valence-corrected chi connectivity index (χ0v) is 13.9. The van der Waals surface area contributed by atoms with Gasteiger partial charge in [0.15, 0.2) is 6.10 Å². The van der Waals surface area contributed by atoms with E-state index in [1.807, 2.05) is 12.1 Å². The first-order valence-corrected chi connectivity index (χ1v) is 8.37. The molecular formula is C17H21ClN2O3. The number of hydrogen-bond donors (Lipinski definition) is 1. The molecule has 0 radical (unpaired) electrons. The van der Waals surface area contributed by atoms with Gasteiger partial charge < -0.3 is 15.0 Å². The first-order valence-electron chi connectivity index (χ1n) is 7.99. The van der Waals surface area contributed by atoms with Gasteiger partial charge in [-0.05, 0) is 30.5 Å². The molecule has 1 aromatic rings. The number of carbonyl (C=O) groups excluding carboxylic acids is 2. The molecule has 2 atom stereocenters. The van der Waals surface area contributed by atoms with Gasteiger partial charge in [0, 0.05) is 18.1 Å². The predicted octanol–water partition coefficient (Wildman–Crippen LogP) is 2.30. The Kier molecular flexibility index (Phi) is 4.87. The van der Waals surface area contributed by atoms with Crippen LogP contribution >= 0.6 is 11.6 Å². The average molecular weight is 337 g/mol. The normalized spacial score (nSPS) is 25.7. The van der Waals surface area contributed by atoms with Crippen molar-refractivity contribution in [2.75, 3.05) is 13.7 Å². The van der Waals surface area contributed by atoms with Crippen molar-refractivity contribution in [1.29, 1.82) is 0 Å². The van der Waals surface area contributed by atoms with E-state index in [0.717, 1.165) is 31.2 Å². The molecular weight excluding hydrogens is 316 g/mol. The topological polar surface area (TPSA) is 58.6 Å². The molecule has 124 valence electrons. The number of likely N-dealkylation sites (N-methyl/N-ethyl adjacent to an activating group) is 1. The maximum Gasteiger partial charge on any atom is 0.251 e. The van der Waals surface area contributed by atoms with Crippen LogP contribution < -0.4 is 5.32 Å². The molecule has 1 heterocycles. The number of morpholine rings is 1. The highest BCUT2D eigenvalue weighted by molar-refractivity contribution is 6.30. The lowest BCUT2D eigenvalue weighted by Gasteiger charge is -2.38. The second-order valence-electron chi connectivity index (χ2n) is 6.22. The Bertz CT molecular complexity index is 584. The number of ether oxygens (including phenoxy) is 1. The van der Waals surface area contributed by atoms with Gasteiger partial charge in [-0.2, -0.15) is 0 Å². The molecule has 1 aliphatic carbocycles. The van der Waals surface area contributed by atoms with Crippen molar-refractivity contribution in [3.05, 3.63) is 34.9 Å². The standard InChI is InChI=1S/C17H21ClN2O3/c1-20-14(21)10-23-16(17(22)19-13-4-2-3-5-13)15(20)11-6-8-12(18)9-7-11/h6-9,13,15-16H,2-5,10H2,1H3,(H,19,22)/t15-,16-/m0/s1.